The number of hydrogen-bond donors (Lipinski definition) is 0. The molecule has 0 aliphatic rings. The zero-order valence-electron chi connectivity index (χ0n) is 17.0. The molecule has 1 aromatic heterocycles. The topological polar surface area (TPSA) is 44.1 Å². The van der Waals surface area contributed by atoms with Crippen LogP contribution in [0.1, 0.15) is 37.6 Å². The predicted octanol–water partition coefficient (Wildman–Crippen LogP) is 5.55. The van der Waals surface area contributed by atoms with E-state index in [0.29, 0.717) is 5.88 Å². The van der Waals surface area contributed by atoms with E-state index in [4.69, 9.17) is 4.74 Å². The third kappa shape index (κ3) is 4.84. The van der Waals surface area contributed by atoms with Gasteiger partial charge in [0.05, 0.1) is 22.5 Å². The molecule has 0 unspecified atom stereocenters. The van der Waals surface area contributed by atoms with E-state index in [1.54, 1.807) is 11.8 Å². The fourth-order valence-electron chi connectivity index (χ4n) is 2.89. The Hall–Kier alpha value is -2.53. The van der Waals surface area contributed by atoms with Crippen LogP contribution in [0, 0.1) is 13.8 Å². The van der Waals surface area contributed by atoms with Crippen molar-refractivity contribution in [2.24, 2.45) is 0 Å². The number of benzene rings is 2. The van der Waals surface area contributed by atoms with Gasteiger partial charge in [0.25, 0.3) is 0 Å². The second kappa shape index (κ2) is 8.23. The van der Waals surface area contributed by atoms with Crippen LogP contribution in [0.5, 0.6) is 5.88 Å². The molecule has 0 radical (unpaired) electrons. The van der Waals surface area contributed by atoms with Crippen LogP contribution in [0.2, 0.25) is 0 Å². The smallest absolute Gasteiger partial charge is 0.317 e. The minimum atomic E-state index is -0.306. The van der Waals surface area contributed by atoms with Crippen LogP contribution in [0.15, 0.2) is 64.4 Å². The van der Waals surface area contributed by atoms with E-state index in [-0.39, 0.29) is 17.9 Å². The van der Waals surface area contributed by atoms with Gasteiger partial charge < -0.3 is 4.74 Å². The third-order valence-corrected chi connectivity index (χ3v) is 5.39. The van der Waals surface area contributed by atoms with Gasteiger partial charge in [-0.1, -0.05) is 59.8 Å². The molecule has 2 aromatic carbocycles. The molecule has 4 nitrogen and oxygen atoms in total. The first-order valence-electron chi connectivity index (χ1n) is 9.33. The molecule has 0 spiro atoms. The first-order chi connectivity index (χ1) is 13.2. The molecule has 0 fully saturated rings. The van der Waals surface area contributed by atoms with Crippen molar-refractivity contribution in [3.63, 3.8) is 0 Å². The maximum Gasteiger partial charge on any atom is 0.317 e. The van der Waals surface area contributed by atoms with Gasteiger partial charge in [-0.3, -0.25) is 4.79 Å². The average Bonchev–Trinajstić information content (AvgIpc) is 2.92. The molecular formula is C23H26N2O2S. The molecule has 0 aliphatic heterocycles. The number of esters is 1. The first kappa shape index (κ1) is 20.2. The zero-order valence-corrected chi connectivity index (χ0v) is 17.8. The summed E-state index contributed by atoms with van der Waals surface area (Å²) < 4.78 is 7.69. The van der Waals surface area contributed by atoms with Crippen LogP contribution < -0.4 is 4.74 Å². The number of aromatic nitrogens is 2. The summed E-state index contributed by atoms with van der Waals surface area (Å²) in [7, 11) is 0. The van der Waals surface area contributed by atoms with Gasteiger partial charge in [-0.05, 0) is 52.3 Å². The number of aryl methyl sites for hydroxylation is 2. The Bertz CT molecular complexity index is 972. The monoisotopic (exact) mass is 394 g/mol. The minimum absolute atomic E-state index is 0.228. The van der Waals surface area contributed by atoms with E-state index in [9.17, 15) is 4.79 Å². The zero-order chi connectivity index (χ0) is 20.3. The fraction of sp³-hybridized carbons (Fsp3) is 0.304. The minimum Gasteiger partial charge on any atom is -0.406 e. The molecule has 0 saturated heterocycles. The van der Waals surface area contributed by atoms with Gasteiger partial charge in [-0.2, -0.15) is 5.10 Å². The van der Waals surface area contributed by atoms with Gasteiger partial charge in [-0.15, -0.1) is 0 Å². The number of carbonyl (C=O) groups is 1. The number of nitrogens with zero attached hydrogens (tertiary/aromatic N) is 2. The Kier molecular flexibility index (Phi) is 5.94. The molecule has 5 heteroatoms. The van der Waals surface area contributed by atoms with Gasteiger partial charge in [0.2, 0.25) is 5.88 Å². The summed E-state index contributed by atoms with van der Waals surface area (Å²) in [5.74, 6) is 0.224. The molecule has 0 N–H and O–H groups in total. The van der Waals surface area contributed by atoms with Crippen molar-refractivity contribution in [3.8, 4) is 5.88 Å². The SMILES string of the molecule is Cc1cccc(CC(=O)Oc2c(Sc3ccccc3)c(C)nn2C(C)(C)C)c1. The standard InChI is InChI=1S/C23H26N2O2S/c1-16-10-9-11-18(14-16)15-20(26)27-22-21(28-19-12-7-6-8-13-19)17(2)24-25(22)23(3,4)5/h6-14H,15H2,1-5H3. The Morgan fingerprint density at radius 1 is 1.07 bits per heavy atom. The molecule has 0 bridgehead atoms. The van der Waals surface area contributed by atoms with E-state index < -0.39 is 0 Å². The fourth-order valence-corrected chi connectivity index (χ4v) is 3.83. The summed E-state index contributed by atoms with van der Waals surface area (Å²) in [6, 6.07) is 18.0. The van der Waals surface area contributed by atoms with Gasteiger partial charge in [0.1, 0.15) is 0 Å². The summed E-state index contributed by atoms with van der Waals surface area (Å²) in [6.45, 7) is 10.1. The second-order valence-electron chi connectivity index (χ2n) is 7.86. The van der Waals surface area contributed by atoms with Crippen molar-refractivity contribution in [3.05, 3.63) is 71.4 Å². The van der Waals surface area contributed by atoms with Gasteiger partial charge >= 0.3 is 5.97 Å². The molecule has 0 amide bonds. The van der Waals surface area contributed by atoms with Crippen molar-refractivity contribution in [2.75, 3.05) is 0 Å². The van der Waals surface area contributed by atoms with Crippen molar-refractivity contribution < 1.29 is 9.53 Å². The van der Waals surface area contributed by atoms with Crippen LogP contribution >= 0.6 is 11.8 Å². The molecule has 28 heavy (non-hydrogen) atoms. The highest BCUT2D eigenvalue weighted by Crippen LogP contribution is 2.40. The maximum atomic E-state index is 12.7. The Balaban J connectivity index is 1.92. The summed E-state index contributed by atoms with van der Waals surface area (Å²) in [5.41, 5.74) is 2.61. The predicted molar refractivity (Wildman–Crippen MR) is 113 cm³/mol. The molecular weight excluding hydrogens is 368 g/mol. The maximum absolute atomic E-state index is 12.7. The van der Waals surface area contributed by atoms with E-state index in [2.05, 4.69) is 5.10 Å². The Morgan fingerprint density at radius 2 is 1.79 bits per heavy atom. The molecule has 146 valence electrons. The summed E-state index contributed by atoms with van der Waals surface area (Å²) >= 11 is 1.57. The average molecular weight is 395 g/mol. The lowest BCUT2D eigenvalue weighted by molar-refractivity contribution is -0.134. The molecule has 3 aromatic rings. The van der Waals surface area contributed by atoms with Crippen molar-refractivity contribution in [1.82, 2.24) is 9.78 Å². The third-order valence-electron chi connectivity index (χ3n) is 4.21. The summed E-state index contributed by atoms with van der Waals surface area (Å²) in [4.78, 5) is 14.7. The van der Waals surface area contributed by atoms with Crippen LogP contribution in [-0.4, -0.2) is 15.7 Å². The van der Waals surface area contributed by atoms with Crippen molar-refractivity contribution >= 4 is 17.7 Å². The lowest BCUT2D eigenvalue weighted by atomic mass is 10.1. The number of hydrogen-bond acceptors (Lipinski definition) is 4. The second-order valence-corrected chi connectivity index (χ2v) is 8.94. The lowest BCUT2D eigenvalue weighted by Gasteiger charge is -2.22. The van der Waals surface area contributed by atoms with Gasteiger partial charge in [0.15, 0.2) is 0 Å². The van der Waals surface area contributed by atoms with Crippen LogP contribution in [0.4, 0.5) is 0 Å². The molecule has 0 atom stereocenters. The number of carbonyl (C=O) groups excluding carboxylic acids is 1. The summed E-state index contributed by atoms with van der Waals surface area (Å²) in [5, 5.41) is 4.67. The van der Waals surface area contributed by atoms with E-state index in [1.807, 2.05) is 93.9 Å². The Labute approximate surface area is 170 Å². The largest absolute Gasteiger partial charge is 0.406 e. The number of ether oxygens (including phenoxy) is 1. The highest BCUT2D eigenvalue weighted by Gasteiger charge is 2.27. The van der Waals surface area contributed by atoms with Crippen LogP contribution in [0.3, 0.4) is 0 Å². The number of rotatable bonds is 5. The highest BCUT2D eigenvalue weighted by atomic mass is 32.2. The molecule has 3 rings (SSSR count). The molecule has 0 saturated carbocycles. The van der Waals surface area contributed by atoms with Crippen molar-refractivity contribution in [2.45, 2.75) is 56.4 Å². The van der Waals surface area contributed by atoms with E-state index >= 15 is 0 Å². The quantitative estimate of drug-likeness (QED) is 0.532. The van der Waals surface area contributed by atoms with Gasteiger partial charge in [-0.25, -0.2) is 4.68 Å². The van der Waals surface area contributed by atoms with Gasteiger partial charge in [0, 0.05) is 4.90 Å². The van der Waals surface area contributed by atoms with E-state index in [0.717, 1.165) is 26.6 Å². The molecule has 0 aliphatic carbocycles. The van der Waals surface area contributed by atoms with Crippen LogP contribution in [0.25, 0.3) is 0 Å². The normalized spacial score (nSPS) is 11.5. The van der Waals surface area contributed by atoms with E-state index in [1.165, 1.54) is 0 Å². The van der Waals surface area contributed by atoms with Crippen molar-refractivity contribution in [1.29, 1.82) is 0 Å². The lowest BCUT2D eigenvalue weighted by Crippen LogP contribution is -2.26. The Morgan fingerprint density at radius 3 is 2.43 bits per heavy atom. The first-order valence-corrected chi connectivity index (χ1v) is 10.1. The highest BCUT2D eigenvalue weighted by molar-refractivity contribution is 7.99. The van der Waals surface area contributed by atoms with Crippen LogP contribution in [-0.2, 0) is 16.8 Å². The summed E-state index contributed by atoms with van der Waals surface area (Å²) in [6.07, 6.45) is 0.228. The molecule has 1 heterocycles.